The number of halogens is 2. The molecule has 104 valence electrons. The number of carbonyl (C=O) groups is 1. The summed E-state index contributed by atoms with van der Waals surface area (Å²) in [5.41, 5.74) is 1.35. The first-order chi connectivity index (χ1) is 9.63. The molecule has 2 N–H and O–H groups in total. The van der Waals surface area contributed by atoms with E-state index in [-0.39, 0.29) is 17.8 Å². The van der Waals surface area contributed by atoms with E-state index in [0.717, 1.165) is 27.1 Å². The summed E-state index contributed by atoms with van der Waals surface area (Å²) in [6, 6.07) is 6.32. The Morgan fingerprint density at radius 1 is 1.45 bits per heavy atom. The zero-order valence-electron chi connectivity index (χ0n) is 10.5. The highest BCUT2D eigenvalue weighted by atomic mass is 79.9. The Labute approximate surface area is 128 Å². The first-order valence-corrected chi connectivity index (χ1v) is 7.98. The van der Waals surface area contributed by atoms with E-state index in [1.165, 1.54) is 12.1 Å². The maximum atomic E-state index is 13.4. The van der Waals surface area contributed by atoms with Gasteiger partial charge in [-0.05, 0) is 52.2 Å². The van der Waals surface area contributed by atoms with Crippen molar-refractivity contribution in [1.82, 2.24) is 10.3 Å². The van der Waals surface area contributed by atoms with Gasteiger partial charge in [-0.1, -0.05) is 0 Å². The molecule has 1 aliphatic heterocycles. The average molecular weight is 355 g/mol. The normalized spacial score (nSPS) is 17.6. The van der Waals surface area contributed by atoms with Gasteiger partial charge in [0.15, 0.2) is 0 Å². The predicted molar refractivity (Wildman–Crippen MR) is 80.4 cm³/mol. The van der Waals surface area contributed by atoms with Crippen molar-refractivity contribution >= 4 is 33.6 Å². The Morgan fingerprint density at radius 3 is 3.05 bits per heavy atom. The van der Waals surface area contributed by atoms with E-state index in [2.05, 4.69) is 26.2 Å². The number of hydrogen-bond acceptors (Lipinski definition) is 2. The van der Waals surface area contributed by atoms with Gasteiger partial charge in [0, 0.05) is 21.3 Å². The second-order valence-corrected chi connectivity index (χ2v) is 6.63. The number of fused-ring (bicyclic) bond motifs is 1. The molecule has 0 fully saturated rings. The van der Waals surface area contributed by atoms with Crippen molar-refractivity contribution in [2.45, 2.75) is 17.4 Å². The third-order valence-electron chi connectivity index (χ3n) is 3.21. The molecule has 0 spiro atoms. The van der Waals surface area contributed by atoms with E-state index < -0.39 is 0 Å². The quantitative estimate of drug-likeness (QED) is 0.859. The molecule has 1 amide bonds. The fourth-order valence-electron chi connectivity index (χ4n) is 2.25. The van der Waals surface area contributed by atoms with Crippen molar-refractivity contribution in [2.75, 3.05) is 5.75 Å². The Hall–Kier alpha value is -1.27. The minimum Gasteiger partial charge on any atom is -0.356 e. The molecule has 3 nitrogen and oxygen atoms in total. The van der Waals surface area contributed by atoms with E-state index >= 15 is 0 Å². The summed E-state index contributed by atoms with van der Waals surface area (Å²) in [4.78, 5) is 16.1. The molecule has 1 aromatic carbocycles. The minimum absolute atomic E-state index is 0.142. The molecule has 2 aromatic rings. The fourth-order valence-corrected chi connectivity index (χ4v) is 3.70. The van der Waals surface area contributed by atoms with Crippen LogP contribution in [-0.2, 0) is 0 Å². The molecule has 0 radical (unpaired) electrons. The third kappa shape index (κ3) is 2.76. The maximum Gasteiger partial charge on any atom is 0.268 e. The lowest BCUT2D eigenvalue weighted by Crippen LogP contribution is -2.30. The molecule has 0 saturated heterocycles. The summed E-state index contributed by atoms with van der Waals surface area (Å²) in [5, 5.41) is 2.96. The van der Waals surface area contributed by atoms with Crippen LogP contribution in [0.15, 0.2) is 39.8 Å². The molecule has 1 aromatic heterocycles. The SMILES string of the molecule is O=C(N[C@@H]1CCSc2ccc(F)cc21)c1cc(Br)c[nH]1. The summed E-state index contributed by atoms with van der Waals surface area (Å²) < 4.78 is 14.2. The van der Waals surface area contributed by atoms with Gasteiger partial charge in [0.05, 0.1) is 6.04 Å². The van der Waals surface area contributed by atoms with Crippen LogP contribution in [0.3, 0.4) is 0 Å². The molecule has 6 heteroatoms. The largest absolute Gasteiger partial charge is 0.356 e. The highest BCUT2D eigenvalue weighted by molar-refractivity contribution is 9.10. The zero-order valence-corrected chi connectivity index (χ0v) is 12.9. The third-order valence-corrected chi connectivity index (χ3v) is 4.79. The minimum atomic E-state index is -0.270. The van der Waals surface area contributed by atoms with Crippen molar-refractivity contribution in [3.05, 3.63) is 52.0 Å². The van der Waals surface area contributed by atoms with Gasteiger partial charge in [-0.2, -0.15) is 0 Å². The molecule has 3 rings (SSSR count). The van der Waals surface area contributed by atoms with Gasteiger partial charge < -0.3 is 10.3 Å². The number of carbonyl (C=O) groups excluding carboxylic acids is 1. The number of nitrogens with one attached hydrogen (secondary N) is 2. The first-order valence-electron chi connectivity index (χ1n) is 6.20. The lowest BCUT2D eigenvalue weighted by atomic mass is 10.0. The molecule has 20 heavy (non-hydrogen) atoms. The van der Waals surface area contributed by atoms with Crippen LogP contribution in [0.25, 0.3) is 0 Å². The van der Waals surface area contributed by atoms with E-state index in [4.69, 9.17) is 0 Å². The summed E-state index contributed by atoms with van der Waals surface area (Å²) in [7, 11) is 0. The Kier molecular flexibility index (Phi) is 3.85. The summed E-state index contributed by atoms with van der Waals surface area (Å²) in [6.45, 7) is 0. The van der Waals surface area contributed by atoms with Crippen LogP contribution in [0.2, 0.25) is 0 Å². The van der Waals surface area contributed by atoms with E-state index in [1.807, 2.05) is 0 Å². The Balaban J connectivity index is 1.82. The van der Waals surface area contributed by atoms with Crippen LogP contribution in [0.5, 0.6) is 0 Å². The predicted octanol–water partition coefficient (Wildman–Crippen LogP) is 3.88. The lowest BCUT2D eigenvalue weighted by Gasteiger charge is -2.25. The number of aromatic amines is 1. The van der Waals surface area contributed by atoms with Crippen LogP contribution in [0.1, 0.15) is 28.5 Å². The molecule has 0 bridgehead atoms. The van der Waals surface area contributed by atoms with Crippen LogP contribution in [0.4, 0.5) is 4.39 Å². The van der Waals surface area contributed by atoms with Gasteiger partial charge in [-0.15, -0.1) is 11.8 Å². The number of H-pyrrole nitrogens is 1. The van der Waals surface area contributed by atoms with Gasteiger partial charge in [-0.25, -0.2) is 4.39 Å². The number of thioether (sulfide) groups is 1. The van der Waals surface area contributed by atoms with E-state index in [1.54, 1.807) is 30.1 Å². The molecule has 1 atom stereocenters. The lowest BCUT2D eigenvalue weighted by molar-refractivity contribution is 0.0930. The zero-order chi connectivity index (χ0) is 14.1. The van der Waals surface area contributed by atoms with Gasteiger partial charge in [0.2, 0.25) is 0 Å². The number of amides is 1. The molecular weight excluding hydrogens is 343 g/mol. The molecule has 0 aliphatic carbocycles. The number of benzene rings is 1. The molecule has 0 saturated carbocycles. The molecule has 0 unspecified atom stereocenters. The van der Waals surface area contributed by atoms with Crippen molar-refractivity contribution in [1.29, 1.82) is 0 Å². The highest BCUT2D eigenvalue weighted by Crippen LogP contribution is 2.36. The van der Waals surface area contributed by atoms with Crippen molar-refractivity contribution in [3.63, 3.8) is 0 Å². The van der Waals surface area contributed by atoms with Crippen LogP contribution >= 0.6 is 27.7 Å². The topological polar surface area (TPSA) is 44.9 Å². The van der Waals surface area contributed by atoms with Gasteiger partial charge in [-0.3, -0.25) is 4.79 Å². The maximum absolute atomic E-state index is 13.4. The van der Waals surface area contributed by atoms with Gasteiger partial charge in [0.1, 0.15) is 11.5 Å². The summed E-state index contributed by atoms with van der Waals surface area (Å²) in [6.07, 6.45) is 2.51. The Morgan fingerprint density at radius 2 is 2.30 bits per heavy atom. The van der Waals surface area contributed by atoms with Crippen LogP contribution in [-0.4, -0.2) is 16.6 Å². The van der Waals surface area contributed by atoms with Gasteiger partial charge >= 0.3 is 0 Å². The van der Waals surface area contributed by atoms with Crippen LogP contribution < -0.4 is 5.32 Å². The summed E-state index contributed by atoms with van der Waals surface area (Å²) >= 11 is 4.99. The van der Waals surface area contributed by atoms with Crippen molar-refractivity contribution < 1.29 is 9.18 Å². The van der Waals surface area contributed by atoms with Crippen LogP contribution in [0, 0.1) is 5.82 Å². The number of hydrogen-bond donors (Lipinski definition) is 2. The molecular formula is C14H12BrFN2OS. The number of rotatable bonds is 2. The smallest absolute Gasteiger partial charge is 0.268 e. The monoisotopic (exact) mass is 354 g/mol. The summed E-state index contributed by atoms with van der Waals surface area (Å²) in [5.74, 6) is 0.466. The van der Waals surface area contributed by atoms with Gasteiger partial charge in [0.25, 0.3) is 5.91 Å². The average Bonchev–Trinajstić information content (AvgIpc) is 2.86. The number of aromatic nitrogens is 1. The second-order valence-electron chi connectivity index (χ2n) is 4.58. The van der Waals surface area contributed by atoms with E-state index in [0.29, 0.717) is 5.69 Å². The first kappa shape index (κ1) is 13.7. The van der Waals surface area contributed by atoms with Crippen molar-refractivity contribution in [2.24, 2.45) is 0 Å². The van der Waals surface area contributed by atoms with E-state index in [9.17, 15) is 9.18 Å². The fraction of sp³-hybridized carbons (Fsp3) is 0.214. The highest BCUT2D eigenvalue weighted by Gasteiger charge is 2.23. The van der Waals surface area contributed by atoms with Crippen molar-refractivity contribution in [3.8, 4) is 0 Å². The second kappa shape index (κ2) is 5.61. The standard InChI is InChI=1S/C14H12BrFN2OS/c15-8-5-12(17-7-8)14(19)18-11-3-4-20-13-2-1-9(16)6-10(11)13/h1-2,5-7,11,17H,3-4H2,(H,18,19)/t11-/m1/s1. The Bertz CT molecular complexity index is 658. The molecule has 2 heterocycles. The molecule has 1 aliphatic rings.